The molecule has 2 saturated carbocycles. The van der Waals surface area contributed by atoms with Crippen molar-refractivity contribution in [3.63, 3.8) is 0 Å². The third kappa shape index (κ3) is 5.44. The van der Waals surface area contributed by atoms with Crippen molar-refractivity contribution in [2.24, 2.45) is 16.7 Å². The molecule has 3 aliphatic carbocycles. The molecule has 1 aromatic carbocycles. The Hall–Kier alpha value is -3.07. The van der Waals surface area contributed by atoms with Gasteiger partial charge < -0.3 is 48.4 Å². The van der Waals surface area contributed by atoms with Crippen LogP contribution in [0.5, 0.6) is 0 Å². The van der Waals surface area contributed by atoms with E-state index in [2.05, 4.69) is 4.90 Å². The molecule has 3 saturated heterocycles. The number of nitrogens with zero attached hydrogens (tertiary/aromatic N) is 2. The van der Waals surface area contributed by atoms with Gasteiger partial charge in [0.1, 0.15) is 36.1 Å². The first-order valence-electron chi connectivity index (χ1n) is 18.0. The summed E-state index contributed by atoms with van der Waals surface area (Å²) in [5.41, 5.74) is -4.37. The largest absolute Gasteiger partial charge is 0.455 e. The molecular weight excluding hydrogens is 660 g/mol. The van der Waals surface area contributed by atoms with Gasteiger partial charge in [0.15, 0.2) is 11.4 Å². The highest BCUT2D eigenvalue weighted by molar-refractivity contribution is 5.89. The van der Waals surface area contributed by atoms with E-state index in [1.165, 1.54) is 6.92 Å². The molecule has 2 N–H and O–H groups in total. The molecule has 10 atom stereocenters. The van der Waals surface area contributed by atoms with Crippen molar-refractivity contribution in [1.29, 1.82) is 0 Å². The number of carbonyl (C=O) groups is 3. The summed E-state index contributed by atoms with van der Waals surface area (Å²) >= 11 is 0. The number of hydrogen-bond acceptors (Lipinski definition) is 12. The number of benzene rings is 1. The average molecular weight is 713 g/mol. The van der Waals surface area contributed by atoms with Crippen LogP contribution in [-0.4, -0.2) is 131 Å². The summed E-state index contributed by atoms with van der Waals surface area (Å²) in [6.07, 6.45) is -6.51. The number of ether oxygens (including phenoxy) is 6. The summed E-state index contributed by atoms with van der Waals surface area (Å²) in [5, 5.41) is 25.1. The molecule has 51 heavy (non-hydrogen) atoms. The summed E-state index contributed by atoms with van der Waals surface area (Å²) < 4.78 is 39.2. The van der Waals surface area contributed by atoms with Crippen molar-refractivity contribution in [2.45, 2.75) is 115 Å². The smallest absolute Gasteiger partial charge is 0.410 e. The predicted molar refractivity (Wildman–Crippen MR) is 181 cm³/mol. The molecule has 13 heteroatoms. The van der Waals surface area contributed by atoms with E-state index in [4.69, 9.17) is 28.4 Å². The topological polar surface area (TPSA) is 154 Å². The fourth-order valence-corrected chi connectivity index (χ4v) is 10.1. The molecule has 13 nitrogen and oxygen atoms in total. The van der Waals surface area contributed by atoms with Gasteiger partial charge in [0.25, 0.3) is 0 Å². The summed E-state index contributed by atoms with van der Waals surface area (Å²) in [4.78, 5) is 45.1. The third-order valence-corrected chi connectivity index (χ3v) is 12.9. The number of likely N-dealkylation sites (N-methyl/N-ethyl adjacent to an activating group) is 1. The van der Waals surface area contributed by atoms with Gasteiger partial charge in [-0.05, 0) is 51.1 Å². The number of fused-ring (bicyclic) bond motifs is 8. The van der Waals surface area contributed by atoms with Gasteiger partial charge in [0.2, 0.25) is 0 Å². The first kappa shape index (κ1) is 36.3. The van der Waals surface area contributed by atoms with Crippen molar-refractivity contribution < 1.29 is 53.0 Å². The van der Waals surface area contributed by atoms with Crippen LogP contribution in [0.15, 0.2) is 41.5 Å². The maximum atomic E-state index is 14.2. The van der Waals surface area contributed by atoms with Gasteiger partial charge in [0, 0.05) is 56.8 Å². The summed E-state index contributed by atoms with van der Waals surface area (Å²) in [5.74, 6) is -3.51. The lowest BCUT2D eigenvalue weighted by molar-refractivity contribution is -0.362. The van der Waals surface area contributed by atoms with Crippen LogP contribution in [0.25, 0.3) is 0 Å². The summed E-state index contributed by atoms with van der Waals surface area (Å²) in [6, 6.07) is 8.45. The van der Waals surface area contributed by atoms with E-state index in [1.807, 2.05) is 34.7 Å². The Morgan fingerprint density at radius 1 is 0.961 bits per heavy atom. The van der Waals surface area contributed by atoms with E-state index in [-0.39, 0.29) is 25.0 Å². The van der Waals surface area contributed by atoms with E-state index in [0.717, 1.165) is 0 Å². The maximum absolute atomic E-state index is 14.2. The van der Waals surface area contributed by atoms with Gasteiger partial charge in [-0.25, -0.2) is 9.59 Å². The van der Waals surface area contributed by atoms with Crippen molar-refractivity contribution in [3.8, 4) is 0 Å². The fourth-order valence-electron chi connectivity index (χ4n) is 10.1. The first-order chi connectivity index (χ1) is 23.9. The van der Waals surface area contributed by atoms with Crippen LogP contribution in [-0.2, 0) is 33.2 Å². The van der Waals surface area contributed by atoms with Crippen LogP contribution < -0.4 is 0 Å². The van der Waals surface area contributed by atoms with E-state index >= 15 is 0 Å². The SMILES string of the molecule is CC(=O)O[C@@]12CO[C@@H]1C[C@H](OC(=O)N1CCN(C)CC1)[C@@]1(C)[C@@H]3OC(C)(C)O[C@@H]3C3=C(C)C(O)C[C@@](O)([C@@H](OC(=O)c4ccccc4)[C@H]21)C3(C)C. The van der Waals surface area contributed by atoms with Crippen LogP contribution >= 0.6 is 0 Å². The van der Waals surface area contributed by atoms with E-state index in [1.54, 1.807) is 49.1 Å². The zero-order valence-electron chi connectivity index (χ0n) is 30.8. The molecule has 1 aromatic rings. The molecule has 6 aliphatic rings. The number of aliphatic hydroxyl groups excluding tert-OH is 1. The van der Waals surface area contributed by atoms with Gasteiger partial charge in [0.05, 0.1) is 24.2 Å². The number of piperazine rings is 1. The Labute approximate surface area is 299 Å². The van der Waals surface area contributed by atoms with E-state index in [0.29, 0.717) is 37.3 Å². The second-order valence-electron chi connectivity index (χ2n) is 16.6. The Balaban J connectivity index is 1.47. The standard InChI is InChI=1S/C38H52N2O11/c1-21-24(42)19-38(45)31(48-32(43)23-12-10-9-11-13-23)29-36(7,30-28(27(21)34(38,3)4)50-35(5,6)51-30)25(18-26-37(29,20-46-26)49-22(2)41)47-33(44)40-16-14-39(8)15-17-40/h9-13,24-26,28-31,42,45H,14-20H2,1-8H3/t24?,25-,26+,28+,29-,30+,31-,36+,37-,38+/m0/s1. The number of rotatable bonds is 4. The van der Waals surface area contributed by atoms with Gasteiger partial charge in [-0.3, -0.25) is 4.79 Å². The molecule has 7 rings (SSSR count). The molecule has 280 valence electrons. The molecule has 1 unspecified atom stereocenters. The number of aliphatic hydroxyl groups is 2. The molecule has 0 aromatic heterocycles. The predicted octanol–water partition coefficient (Wildman–Crippen LogP) is 3.06. The lowest BCUT2D eigenvalue weighted by atomic mass is 9.44. The van der Waals surface area contributed by atoms with Gasteiger partial charge in [-0.15, -0.1) is 0 Å². The zero-order valence-corrected chi connectivity index (χ0v) is 30.8. The number of esters is 2. The molecular formula is C38H52N2O11. The lowest BCUT2D eigenvalue weighted by Crippen LogP contribution is -2.82. The average Bonchev–Trinajstić information content (AvgIpc) is 3.38. The van der Waals surface area contributed by atoms with Crippen LogP contribution in [0, 0.1) is 16.7 Å². The van der Waals surface area contributed by atoms with Gasteiger partial charge in [-0.2, -0.15) is 0 Å². The minimum absolute atomic E-state index is 0.0571. The fraction of sp³-hybridized carbons (Fsp3) is 0.711. The van der Waals surface area contributed by atoms with Gasteiger partial charge in [-0.1, -0.05) is 39.0 Å². The normalized spacial score (nSPS) is 41.1. The van der Waals surface area contributed by atoms with Crippen molar-refractivity contribution in [3.05, 3.63) is 47.0 Å². The van der Waals surface area contributed by atoms with Crippen LogP contribution in [0.4, 0.5) is 4.79 Å². The molecule has 0 radical (unpaired) electrons. The molecule has 1 amide bonds. The molecule has 2 bridgehead atoms. The Bertz CT molecular complexity index is 1610. The van der Waals surface area contributed by atoms with Crippen LogP contribution in [0.3, 0.4) is 0 Å². The quantitative estimate of drug-likeness (QED) is 0.268. The lowest BCUT2D eigenvalue weighted by Gasteiger charge is -2.69. The van der Waals surface area contributed by atoms with Crippen molar-refractivity contribution >= 4 is 18.0 Å². The van der Waals surface area contributed by atoms with E-state index < -0.39 is 88.4 Å². The molecule has 0 spiro atoms. The summed E-state index contributed by atoms with van der Waals surface area (Å²) in [6.45, 7) is 14.6. The highest BCUT2D eigenvalue weighted by Gasteiger charge is 2.80. The molecule has 3 heterocycles. The Morgan fingerprint density at radius 2 is 1.63 bits per heavy atom. The Kier molecular flexibility index (Phi) is 8.71. The minimum Gasteiger partial charge on any atom is -0.455 e. The number of hydrogen-bond donors (Lipinski definition) is 2. The van der Waals surface area contributed by atoms with Crippen molar-refractivity contribution in [1.82, 2.24) is 9.80 Å². The first-order valence-corrected chi connectivity index (χ1v) is 18.0. The maximum Gasteiger partial charge on any atom is 0.410 e. The monoisotopic (exact) mass is 712 g/mol. The van der Waals surface area contributed by atoms with Gasteiger partial charge >= 0.3 is 18.0 Å². The van der Waals surface area contributed by atoms with Crippen molar-refractivity contribution in [2.75, 3.05) is 39.8 Å². The van der Waals surface area contributed by atoms with Crippen LogP contribution in [0.1, 0.15) is 71.7 Å². The van der Waals surface area contributed by atoms with Crippen LogP contribution in [0.2, 0.25) is 0 Å². The zero-order chi connectivity index (χ0) is 36.9. The third-order valence-electron chi connectivity index (χ3n) is 12.9. The second-order valence-corrected chi connectivity index (χ2v) is 16.6. The Morgan fingerprint density at radius 3 is 2.24 bits per heavy atom. The highest BCUT2D eigenvalue weighted by atomic mass is 16.8. The second kappa shape index (κ2) is 12.2. The number of amides is 1. The number of carbonyl (C=O) groups excluding carboxylic acids is 3. The molecule has 3 aliphatic heterocycles. The molecule has 5 fully saturated rings. The summed E-state index contributed by atoms with van der Waals surface area (Å²) in [7, 11) is 2.00. The van der Waals surface area contributed by atoms with E-state index in [9.17, 15) is 24.6 Å². The highest BCUT2D eigenvalue weighted by Crippen LogP contribution is 2.67. The minimum atomic E-state index is -1.95.